The van der Waals surface area contributed by atoms with Crippen LogP contribution in [0.15, 0.2) is 0 Å². The fourth-order valence-corrected chi connectivity index (χ4v) is 1.58. The molecule has 0 atom stereocenters. The van der Waals surface area contributed by atoms with E-state index in [0.717, 1.165) is 38.5 Å². The number of unbranched alkanes of at least 4 members (excludes halogenated alkanes) is 6. The SMILES string of the molecule is O=C(OCCCCCCO)C(=O)OCCCCCCO. The average molecular weight is 290 g/mol. The first-order valence-electron chi connectivity index (χ1n) is 7.28. The van der Waals surface area contributed by atoms with Crippen LogP contribution >= 0.6 is 0 Å². The van der Waals surface area contributed by atoms with E-state index < -0.39 is 11.9 Å². The van der Waals surface area contributed by atoms with E-state index in [4.69, 9.17) is 19.7 Å². The van der Waals surface area contributed by atoms with Gasteiger partial charge in [0.25, 0.3) is 0 Å². The van der Waals surface area contributed by atoms with Crippen LogP contribution in [0.25, 0.3) is 0 Å². The molecule has 0 rings (SSSR count). The molecule has 0 saturated carbocycles. The minimum atomic E-state index is -0.942. The smallest absolute Gasteiger partial charge is 0.417 e. The van der Waals surface area contributed by atoms with Gasteiger partial charge in [-0.3, -0.25) is 0 Å². The Morgan fingerprint density at radius 1 is 0.600 bits per heavy atom. The topological polar surface area (TPSA) is 93.1 Å². The summed E-state index contributed by atoms with van der Waals surface area (Å²) < 4.78 is 9.54. The van der Waals surface area contributed by atoms with Gasteiger partial charge >= 0.3 is 11.9 Å². The third kappa shape index (κ3) is 11.9. The molecule has 0 heterocycles. The number of hydrogen-bond donors (Lipinski definition) is 2. The van der Waals surface area contributed by atoms with Crippen LogP contribution in [-0.4, -0.2) is 48.6 Å². The molecule has 0 aromatic rings. The molecule has 0 unspecified atom stereocenters. The Kier molecular flexibility index (Phi) is 13.5. The van der Waals surface area contributed by atoms with Gasteiger partial charge in [-0.1, -0.05) is 12.8 Å². The first-order valence-corrected chi connectivity index (χ1v) is 7.28. The molecule has 20 heavy (non-hydrogen) atoms. The van der Waals surface area contributed by atoms with Crippen molar-refractivity contribution < 1.29 is 29.3 Å². The van der Waals surface area contributed by atoms with Gasteiger partial charge in [0.15, 0.2) is 0 Å². The van der Waals surface area contributed by atoms with Crippen LogP contribution < -0.4 is 0 Å². The summed E-state index contributed by atoms with van der Waals surface area (Å²) in [5.41, 5.74) is 0. The first-order chi connectivity index (χ1) is 9.72. The predicted molar refractivity (Wildman–Crippen MR) is 73.0 cm³/mol. The van der Waals surface area contributed by atoms with Crippen LogP contribution in [0.4, 0.5) is 0 Å². The number of rotatable bonds is 12. The van der Waals surface area contributed by atoms with Gasteiger partial charge < -0.3 is 19.7 Å². The summed E-state index contributed by atoms with van der Waals surface area (Å²) in [7, 11) is 0. The highest BCUT2D eigenvalue weighted by atomic mass is 16.6. The lowest BCUT2D eigenvalue weighted by atomic mass is 10.2. The van der Waals surface area contributed by atoms with Crippen molar-refractivity contribution in [2.75, 3.05) is 26.4 Å². The van der Waals surface area contributed by atoms with Crippen molar-refractivity contribution in [3.8, 4) is 0 Å². The van der Waals surface area contributed by atoms with Gasteiger partial charge in [-0.05, 0) is 38.5 Å². The summed E-state index contributed by atoms with van der Waals surface area (Å²) in [5.74, 6) is -1.88. The second kappa shape index (κ2) is 14.3. The van der Waals surface area contributed by atoms with Crippen molar-refractivity contribution in [1.29, 1.82) is 0 Å². The molecule has 0 radical (unpaired) electrons. The van der Waals surface area contributed by atoms with Gasteiger partial charge in [0, 0.05) is 13.2 Å². The van der Waals surface area contributed by atoms with Gasteiger partial charge in [0.2, 0.25) is 0 Å². The molecule has 2 N–H and O–H groups in total. The van der Waals surface area contributed by atoms with E-state index in [1.165, 1.54) is 0 Å². The van der Waals surface area contributed by atoms with Crippen LogP contribution in [0.3, 0.4) is 0 Å². The van der Waals surface area contributed by atoms with E-state index in [1.54, 1.807) is 0 Å². The van der Waals surface area contributed by atoms with Gasteiger partial charge in [-0.2, -0.15) is 0 Å². The summed E-state index contributed by atoms with van der Waals surface area (Å²) in [6, 6.07) is 0. The number of esters is 2. The quantitative estimate of drug-likeness (QED) is 0.318. The highest BCUT2D eigenvalue weighted by Crippen LogP contribution is 2.01. The van der Waals surface area contributed by atoms with Crippen LogP contribution in [0.2, 0.25) is 0 Å². The molecule has 0 saturated heterocycles. The number of carbonyl (C=O) groups is 2. The van der Waals surface area contributed by atoms with Gasteiger partial charge in [0.1, 0.15) is 0 Å². The minimum Gasteiger partial charge on any atom is -0.457 e. The number of aliphatic hydroxyl groups excluding tert-OH is 2. The van der Waals surface area contributed by atoms with E-state index in [2.05, 4.69) is 0 Å². The lowest BCUT2D eigenvalue weighted by Gasteiger charge is -2.05. The number of hydrogen-bond acceptors (Lipinski definition) is 6. The molecule has 6 nitrogen and oxygen atoms in total. The van der Waals surface area contributed by atoms with E-state index in [-0.39, 0.29) is 26.4 Å². The van der Waals surface area contributed by atoms with Crippen molar-refractivity contribution in [3.05, 3.63) is 0 Å². The fraction of sp³-hybridized carbons (Fsp3) is 0.857. The molecule has 0 aliphatic carbocycles. The second-order valence-electron chi connectivity index (χ2n) is 4.55. The first kappa shape index (κ1) is 18.9. The molecule has 0 aromatic carbocycles. The van der Waals surface area contributed by atoms with Gasteiger partial charge in [0.05, 0.1) is 13.2 Å². The maximum atomic E-state index is 11.2. The van der Waals surface area contributed by atoms with E-state index >= 15 is 0 Å². The lowest BCUT2D eigenvalue weighted by molar-refractivity contribution is -0.167. The number of aliphatic hydroxyl groups is 2. The number of carbonyl (C=O) groups excluding carboxylic acids is 2. The molecular formula is C14H26O6. The van der Waals surface area contributed by atoms with Crippen LogP contribution in [0, 0.1) is 0 Å². The average Bonchev–Trinajstić information content (AvgIpc) is 2.45. The van der Waals surface area contributed by atoms with E-state index in [0.29, 0.717) is 12.8 Å². The summed E-state index contributed by atoms with van der Waals surface area (Å²) in [6.45, 7) is 0.751. The standard InChI is InChI=1S/C14H26O6/c15-9-5-1-3-7-11-19-13(17)14(18)20-12-8-4-2-6-10-16/h15-16H,1-12H2. The minimum absolute atomic E-state index is 0.171. The summed E-state index contributed by atoms with van der Waals surface area (Å²) in [6.07, 6.45) is 6.32. The largest absolute Gasteiger partial charge is 0.457 e. The monoisotopic (exact) mass is 290 g/mol. The third-order valence-corrected chi connectivity index (χ3v) is 2.74. The number of ether oxygens (including phenoxy) is 2. The highest BCUT2D eigenvalue weighted by molar-refractivity contribution is 6.29. The fourth-order valence-electron chi connectivity index (χ4n) is 1.58. The molecule has 0 aliphatic rings. The van der Waals surface area contributed by atoms with Crippen molar-refractivity contribution in [1.82, 2.24) is 0 Å². The zero-order valence-electron chi connectivity index (χ0n) is 12.0. The highest BCUT2D eigenvalue weighted by Gasteiger charge is 2.16. The normalized spacial score (nSPS) is 10.3. The zero-order chi connectivity index (χ0) is 15.1. The summed E-state index contributed by atoms with van der Waals surface area (Å²) in [4.78, 5) is 22.5. The molecule has 0 amide bonds. The Hall–Kier alpha value is -1.14. The molecule has 6 heteroatoms. The Balaban J connectivity index is 3.40. The third-order valence-electron chi connectivity index (χ3n) is 2.74. The van der Waals surface area contributed by atoms with Crippen molar-refractivity contribution in [3.63, 3.8) is 0 Å². The van der Waals surface area contributed by atoms with Gasteiger partial charge in [-0.25, -0.2) is 9.59 Å². The Labute approximate surface area is 120 Å². The van der Waals surface area contributed by atoms with Crippen LogP contribution in [0.1, 0.15) is 51.4 Å². The second-order valence-corrected chi connectivity index (χ2v) is 4.55. The van der Waals surface area contributed by atoms with E-state index in [9.17, 15) is 9.59 Å². The predicted octanol–water partition coefficient (Wildman–Crippen LogP) is 1.18. The Morgan fingerprint density at radius 3 is 1.30 bits per heavy atom. The molecule has 118 valence electrons. The lowest BCUT2D eigenvalue weighted by Crippen LogP contribution is -2.21. The maximum Gasteiger partial charge on any atom is 0.417 e. The molecular weight excluding hydrogens is 264 g/mol. The molecule has 0 aliphatic heterocycles. The summed E-state index contributed by atoms with van der Waals surface area (Å²) in [5, 5.41) is 17.2. The Morgan fingerprint density at radius 2 is 0.950 bits per heavy atom. The van der Waals surface area contributed by atoms with Crippen molar-refractivity contribution in [2.45, 2.75) is 51.4 Å². The summed E-state index contributed by atoms with van der Waals surface area (Å²) >= 11 is 0. The van der Waals surface area contributed by atoms with Crippen molar-refractivity contribution in [2.24, 2.45) is 0 Å². The molecule has 0 bridgehead atoms. The molecule has 0 fully saturated rings. The van der Waals surface area contributed by atoms with E-state index in [1.807, 2.05) is 0 Å². The van der Waals surface area contributed by atoms with Crippen LogP contribution in [-0.2, 0) is 19.1 Å². The zero-order valence-corrected chi connectivity index (χ0v) is 12.0. The van der Waals surface area contributed by atoms with Crippen LogP contribution in [0.5, 0.6) is 0 Å². The van der Waals surface area contributed by atoms with Crippen molar-refractivity contribution >= 4 is 11.9 Å². The Bertz CT molecular complexity index is 228. The molecule has 0 spiro atoms. The maximum absolute atomic E-state index is 11.2. The van der Waals surface area contributed by atoms with Gasteiger partial charge in [-0.15, -0.1) is 0 Å². The molecule has 0 aromatic heterocycles.